The van der Waals surface area contributed by atoms with Crippen molar-refractivity contribution in [2.75, 3.05) is 5.32 Å². The standard InChI is InChI=1S/C23H27N7O3/c1-2-18(31)10-4-3-5-12-20(23(33)26-17-9-8-14-24-15-17)27-22(32)19-11-6-7-13-21(19)30-16-25-28-29-30/h6-9,11,13-16,20H,2-5,10,12H2,1H3,(H,26,33)(H,27,32)/t20-/m0/s1. The fraction of sp³-hybridized carbons (Fsp3) is 0.348. The summed E-state index contributed by atoms with van der Waals surface area (Å²) in [4.78, 5) is 41.6. The maximum atomic E-state index is 13.1. The predicted octanol–water partition coefficient (Wildman–Crippen LogP) is 2.72. The molecule has 0 radical (unpaired) electrons. The topological polar surface area (TPSA) is 132 Å². The lowest BCUT2D eigenvalue weighted by Crippen LogP contribution is -2.44. The van der Waals surface area contributed by atoms with Crippen LogP contribution in [0.1, 0.15) is 55.8 Å². The molecule has 1 aromatic carbocycles. The Morgan fingerprint density at radius 2 is 1.91 bits per heavy atom. The lowest BCUT2D eigenvalue weighted by atomic mass is 10.0. The summed E-state index contributed by atoms with van der Waals surface area (Å²) < 4.78 is 1.39. The molecule has 3 rings (SSSR count). The summed E-state index contributed by atoms with van der Waals surface area (Å²) in [5, 5.41) is 16.7. The molecule has 0 spiro atoms. The number of unbranched alkanes of at least 4 members (excludes halogenated alkanes) is 2. The molecule has 10 heteroatoms. The summed E-state index contributed by atoms with van der Waals surface area (Å²) in [5.74, 6) is -0.511. The Balaban J connectivity index is 1.70. The van der Waals surface area contributed by atoms with E-state index in [9.17, 15) is 14.4 Å². The zero-order valence-electron chi connectivity index (χ0n) is 18.5. The number of Topliss-reactive ketones (excluding diaryl/α,β-unsaturated/α-hetero) is 1. The molecular formula is C23H27N7O3. The fourth-order valence-corrected chi connectivity index (χ4v) is 3.33. The van der Waals surface area contributed by atoms with Crippen LogP contribution in [0.4, 0.5) is 5.69 Å². The summed E-state index contributed by atoms with van der Waals surface area (Å²) in [6.45, 7) is 1.85. The Labute approximate surface area is 191 Å². The third-order valence-electron chi connectivity index (χ3n) is 5.14. The third kappa shape index (κ3) is 7.03. The summed E-state index contributed by atoms with van der Waals surface area (Å²) in [5.41, 5.74) is 1.39. The number of benzene rings is 1. The van der Waals surface area contributed by atoms with Crippen LogP contribution in [-0.4, -0.2) is 48.8 Å². The molecule has 0 aliphatic carbocycles. The SMILES string of the molecule is CCC(=O)CCCCC[C@H](NC(=O)c1ccccc1-n1cnnn1)C(=O)Nc1cccnc1. The Morgan fingerprint density at radius 3 is 2.64 bits per heavy atom. The highest BCUT2D eigenvalue weighted by Crippen LogP contribution is 2.15. The monoisotopic (exact) mass is 449 g/mol. The number of nitrogens with one attached hydrogen (secondary N) is 2. The van der Waals surface area contributed by atoms with Crippen LogP contribution in [0, 0.1) is 0 Å². The van der Waals surface area contributed by atoms with E-state index in [4.69, 9.17) is 0 Å². The van der Waals surface area contributed by atoms with E-state index in [1.165, 1.54) is 11.0 Å². The lowest BCUT2D eigenvalue weighted by molar-refractivity contribution is -0.119. The average Bonchev–Trinajstić information content (AvgIpc) is 3.38. The molecule has 172 valence electrons. The van der Waals surface area contributed by atoms with Crippen LogP contribution in [0.3, 0.4) is 0 Å². The van der Waals surface area contributed by atoms with Crippen molar-refractivity contribution >= 4 is 23.3 Å². The van der Waals surface area contributed by atoms with Gasteiger partial charge < -0.3 is 10.6 Å². The van der Waals surface area contributed by atoms with E-state index in [-0.39, 0.29) is 11.7 Å². The van der Waals surface area contributed by atoms with Crippen molar-refractivity contribution in [1.29, 1.82) is 0 Å². The summed E-state index contributed by atoms with van der Waals surface area (Å²) in [6, 6.07) is 9.57. The van der Waals surface area contributed by atoms with Gasteiger partial charge in [-0.3, -0.25) is 19.4 Å². The number of hydrogen-bond acceptors (Lipinski definition) is 7. The van der Waals surface area contributed by atoms with Crippen molar-refractivity contribution in [3.05, 3.63) is 60.7 Å². The summed E-state index contributed by atoms with van der Waals surface area (Å²) in [7, 11) is 0. The van der Waals surface area contributed by atoms with Crippen LogP contribution >= 0.6 is 0 Å². The van der Waals surface area contributed by atoms with Crippen molar-refractivity contribution in [3.63, 3.8) is 0 Å². The van der Waals surface area contributed by atoms with Gasteiger partial charge in [-0.05, 0) is 47.5 Å². The number of rotatable bonds is 12. The lowest BCUT2D eigenvalue weighted by Gasteiger charge is -2.19. The predicted molar refractivity (Wildman–Crippen MR) is 122 cm³/mol. The first kappa shape index (κ1) is 23.7. The molecule has 3 aromatic rings. The van der Waals surface area contributed by atoms with Crippen molar-refractivity contribution in [1.82, 2.24) is 30.5 Å². The zero-order valence-corrected chi connectivity index (χ0v) is 18.5. The van der Waals surface area contributed by atoms with Gasteiger partial charge in [-0.25, -0.2) is 0 Å². The second kappa shape index (κ2) is 12.2. The largest absolute Gasteiger partial charge is 0.340 e. The first-order valence-electron chi connectivity index (χ1n) is 10.9. The number of ketones is 1. The van der Waals surface area contributed by atoms with Crippen molar-refractivity contribution < 1.29 is 14.4 Å². The summed E-state index contributed by atoms with van der Waals surface area (Å²) in [6.07, 6.45) is 8.31. The van der Waals surface area contributed by atoms with E-state index >= 15 is 0 Å². The molecule has 2 N–H and O–H groups in total. The van der Waals surface area contributed by atoms with Gasteiger partial charge in [-0.2, -0.15) is 4.68 Å². The number of tetrazole rings is 1. The summed E-state index contributed by atoms with van der Waals surface area (Å²) >= 11 is 0. The maximum Gasteiger partial charge on any atom is 0.254 e. The van der Waals surface area contributed by atoms with Crippen LogP contribution in [-0.2, 0) is 9.59 Å². The minimum absolute atomic E-state index is 0.230. The van der Waals surface area contributed by atoms with Crippen LogP contribution in [0.15, 0.2) is 55.1 Å². The van der Waals surface area contributed by atoms with Gasteiger partial charge in [0.05, 0.1) is 23.1 Å². The van der Waals surface area contributed by atoms with E-state index in [0.717, 1.165) is 12.8 Å². The number of carbonyl (C=O) groups excluding carboxylic acids is 3. The van der Waals surface area contributed by atoms with Gasteiger partial charge in [0.1, 0.15) is 18.2 Å². The van der Waals surface area contributed by atoms with Gasteiger partial charge in [-0.15, -0.1) is 5.10 Å². The van der Waals surface area contributed by atoms with Gasteiger partial charge in [-0.1, -0.05) is 31.9 Å². The number of amides is 2. The molecule has 10 nitrogen and oxygen atoms in total. The van der Waals surface area contributed by atoms with Gasteiger partial charge in [0.15, 0.2) is 0 Å². The molecule has 0 bridgehead atoms. The van der Waals surface area contributed by atoms with Gasteiger partial charge in [0.25, 0.3) is 5.91 Å². The molecule has 0 fully saturated rings. The molecule has 33 heavy (non-hydrogen) atoms. The Bertz CT molecular complexity index is 1050. The van der Waals surface area contributed by atoms with Crippen LogP contribution < -0.4 is 10.6 Å². The van der Waals surface area contributed by atoms with Crippen molar-refractivity contribution in [2.24, 2.45) is 0 Å². The maximum absolute atomic E-state index is 13.1. The third-order valence-corrected chi connectivity index (χ3v) is 5.14. The van der Waals surface area contributed by atoms with Crippen molar-refractivity contribution in [3.8, 4) is 5.69 Å². The minimum atomic E-state index is -0.762. The quantitative estimate of drug-likeness (QED) is 0.406. The molecule has 2 aromatic heterocycles. The van der Waals surface area contributed by atoms with E-state index in [1.54, 1.807) is 48.8 Å². The molecule has 2 heterocycles. The molecular weight excluding hydrogens is 422 g/mol. The van der Waals surface area contributed by atoms with E-state index in [1.807, 2.05) is 6.92 Å². The van der Waals surface area contributed by atoms with E-state index in [2.05, 4.69) is 31.1 Å². The molecule has 2 amide bonds. The van der Waals surface area contributed by atoms with Crippen LogP contribution in [0.2, 0.25) is 0 Å². The number of nitrogens with zero attached hydrogens (tertiary/aromatic N) is 5. The highest BCUT2D eigenvalue weighted by atomic mass is 16.2. The minimum Gasteiger partial charge on any atom is -0.340 e. The molecule has 1 atom stereocenters. The zero-order chi connectivity index (χ0) is 23.5. The van der Waals surface area contributed by atoms with Gasteiger partial charge in [0.2, 0.25) is 5.91 Å². The number of pyridine rings is 1. The number of hydrogen-bond donors (Lipinski definition) is 2. The second-order valence-electron chi connectivity index (χ2n) is 7.52. The number of carbonyl (C=O) groups is 3. The van der Waals surface area contributed by atoms with E-state index < -0.39 is 11.9 Å². The first-order valence-corrected chi connectivity index (χ1v) is 10.9. The van der Waals surface area contributed by atoms with Gasteiger partial charge in [0, 0.05) is 19.0 Å². The first-order chi connectivity index (χ1) is 16.1. The van der Waals surface area contributed by atoms with Crippen molar-refractivity contribution in [2.45, 2.75) is 51.5 Å². The highest BCUT2D eigenvalue weighted by Gasteiger charge is 2.23. The van der Waals surface area contributed by atoms with Gasteiger partial charge >= 0.3 is 0 Å². The van der Waals surface area contributed by atoms with Crippen LogP contribution in [0.25, 0.3) is 5.69 Å². The second-order valence-corrected chi connectivity index (χ2v) is 7.52. The number of para-hydroxylation sites is 1. The molecule has 0 saturated heterocycles. The Hall–Kier alpha value is -3.95. The number of aromatic nitrogens is 5. The number of anilines is 1. The average molecular weight is 450 g/mol. The fourth-order valence-electron chi connectivity index (χ4n) is 3.33. The Morgan fingerprint density at radius 1 is 1.06 bits per heavy atom. The smallest absolute Gasteiger partial charge is 0.254 e. The highest BCUT2D eigenvalue weighted by molar-refractivity contribution is 6.02. The van der Waals surface area contributed by atoms with E-state index in [0.29, 0.717) is 42.6 Å². The molecule has 0 aliphatic rings. The Kier molecular flexibility index (Phi) is 8.75. The molecule has 0 unspecified atom stereocenters. The normalized spacial score (nSPS) is 11.5. The van der Waals surface area contributed by atoms with Crippen LogP contribution in [0.5, 0.6) is 0 Å². The molecule has 0 aliphatic heterocycles. The molecule has 0 saturated carbocycles.